The van der Waals surface area contributed by atoms with E-state index in [4.69, 9.17) is 0 Å². The largest absolute Gasteiger partial charge is 0.324 e. The molecule has 2 saturated heterocycles. The summed E-state index contributed by atoms with van der Waals surface area (Å²) in [6, 6.07) is 24.2. The number of carbonyl (C=O) groups excluding carboxylic acids is 2. The molecule has 2 fully saturated rings. The number of nitro groups is 1. The summed E-state index contributed by atoms with van der Waals surface area (Å²) in [6.45, 7) is 4.68. The van der Waals surface area contributed by atoms with Crippen LogP contribution < -0.4 is 5.32 Å². The Morgan fingerprint density at radius 2 is 1.80 bits per heavy atom. The number of Topliss-reactive ketones (excluding diaryl/α,β-unsaturated/α-hetero) is 1. The molecule has 1 amide bonds. The highest BCUT2D eigenvalue weighted by Gasteiger charge is 2.69. The Bertz CT molecular complexity index is 1740. The van der Waals surface area contributed by atoms with Crippen molar-refractivity contribution in [3.05, 3.63) is 117 Å². The highest BCUT2D eigenvalue weighted by atomic mass is 16.6. The fourth-order valence-electron chi connectivity index (χ4n) is 7.84. The monoisotopic (exact) mass is 531 g/mol. The predicted molar refractivity (Wildman–Crippen MR) is 154 cm³/mol. The number of hydrogen-bond donors (Lipinski definition) is 1. The van der Waals surface area contributed by atoms with Crippen molar-refractivity contribution >= 4 is 33.8 Å². The first kappa shape index (κ1) is 24.7. The molecule has 4 aromatic carbocycles. The molecule has 0 aliphatic carbocycles. The SMILES string of the molecule is Cc1cc(C)c2c(c1)[C@]1(C(=O)N2)C(C(=O)c2cccc3ccccc23)C(c2cccc([N+](=O)[O-])c2)C2CCCN21. The molecule has 4 aromatic rings. The minimum absolute atomic E-state index is 0.0117. The highest BCUT2D eigenvalue weighted by molar-refractivity contribution is 6.16. The first-order valence-corrected chi connectivity index (χ1v) is 13.8. The van der Waals surface area contributed by atoms with Crippen molar-refractivity contribution in [2.45, 2.75) is 44.2 Å². The van der Waals surface area contributed by atoms with Gasteiger partial charge in [0.15, 0.2) is 5.78 Å². The van der Waals surface area contributed by atoms with Gasteiger partial charge in [0.25, 0.3) is 5.69 Å². The van der Waals surface area contributed by atoms with E-state index >= 15 is 4.79 Å². The summed E-state index contributed by atoms with van der Waals surface area (Å²) in [5.41, 5.74) is 3.69. The fraction of sp³-hybridized carbons (Fsp3) is 0.273. The Balaban J connectivity index is 1.53. The second kappa shape index (κ2) is 8.83. The number of aryl methyl sites for hydroxylation is 2. The van der Waals surface area contributed by atoms with Crippen molar-refractivity contribution in [1.82, 2.24) is 4.90 Å². The van der Waals surface area contributed by atoms with Crippen LogP contribution in [0.15, 0.2) is 78.9 Å². The molecule has 3 aliphatic heterocycles. The molecule has 7 nitrogen and oxygen atoms in total. The summed E-state index contributed by atoms with van der Waals surface area (Å²) in [5, 5.41) is 16.8. The van der Waals surface area contributed by atoms with Gasteiger partial charge in [0.05, 0.1) is 10.8 Å². The topological polar surface area (TPSA) is 92.5 Å². The maximum atomic E-state index is 15.0. The zero-order valence-corrected chi connectivity index (χ0v) is 22.4. The molecule has 1 N–H and O–H groups in total. The predicted octanol–water partition coefficient (Wildman–Crippen LogP) is 6.27. The Labute approximate surface area is 232 Å². The van der Waals surface area contributed by atoms with Gasteiger partial charge in [-0.25, -0.2) is 0 Å². The van der Waals surface area contributed by atoms with Crippen molar-refractivity contribution in [1.29, 1.82) is 0 Å². The molecule has 7 heteroatoms. The molecule has 3 heterocycles. The molecular formula is C33H29N3O4. The molecule has 0 saturated carbocycles. The number of nitrogens with one attached hydrogen (secondary N) is 1. The molecule has 0 bridgehead atoms. The van der Waals surface area contributed by atoms with Crippen LogP contribution in [0, 0.1) is 29.9 Å². The van der Waals surface area contributed by atoms with E-state index in [9.17, 15) is 14.9 Å². The Morgan fingerprint density at radius 3 is 2.62 bits per heavy atom. The zero-order chi connectivity index (χ0) is 27.8. The average molecular weight is 532 g/mol. The maximum absolute atomic E-state index is 15.0. The van der Waals surface area contributed by atoms with E-state index in [2.05, 4.69) is 16.3 Å². The summed E-state index contributed by atoms with van der Waals surface area (Å²) < 4.78 is 0. The summed E-state index contributed by atoms with van der Waals surface area (Å²) in [4.78, 5) is 43.1. The molecule has 1 spiro atoms. The molecule has 40 heavy (non-hydrogen) atoms. The van der Waals surface area contributed by atoms with Crippen LogP contribution in [-0.4, -0.2) is 34.1 Å². The minimum Gasteiger partial charge on any atom is -0.324 e. The van der Waals surface area contributed by atoms with E-state index in [1.54, 1.807) is 12.1 Å². The number of hydrogen-bond acceptors (Lipinski definition) is 5. The molecule has 0 aromatic heterocycles. The maximum Gasteiger partial charge on any atom is 0.269 e. The lowest BCUT2D eigenvalue weighted by Crippen LogP contribution is -2.52. The number of amides is 1. The van der Waals surface area contributed by atoms with Crippen LogP contribution in [0.4, 0.5) is 11.4 Å². The van der Waals surface area contributed by atoms with Gasteiger partial charge in [-0.2, -0.15) is 0 Å². The summed E-state index contributed by atoms with van der Waals surface area (Å²) in [7, 11) is 0. The Hall–Kier alpha value is -4.36. The van der Waals surface area contributed by atoms with Gasteiger partial charge in [0, 0.05) is 40.9 Å². The van der Waals surface area contributed by atoms with Gasteiger partial charge in [-0.3, -0.25) is 24.6 Å². The number of nitrogens with zero attached hydrogens (tertiary/aromatic N) is 2. The van der Waals surface area contributed by atoms with Crippen molar-refractivity contribution < 1.29 is 14.5 Å². The summed E-state index contributed by atoms with van der Waals surface area (Å²) in [5.74, 6) is -1.46. The second-order valence-corrected chi connectivity index (χ2v) is 11.4. The summed E-state index contributed by atoms with van der Waals surface area (Å²) >= 11 is 0. The lowest BCUT2D eigenvalue weighted by Gasteiger charge is -2.37. The van der Waals surface area contributed by atoms with E-state index in [-0.39, 0.29) is 23.4 Å². The van der Waals surface area contributed by atoms with Crippen LogP contribution in [0.1, 0.15) is 51.4 Å². The third kappa shape index (κ3) is 3.27. The Kier molecular flexibility index (Phi) is 5.44. The number of anilines is 1. The molecule has 7 rings (SSSR count). The lowest BCUT2D eigenvalue weighted by molar-refractivity contribution is -0.384. The number of carbonyl (C=O) groups is 2. The molecule has 200 valence electrons. The molecule has 3 aliphatic rings. The Morgan fingerprint density at radius 1 is 1.02 bits per heavy atom. The number of nitro benzene ring substituents is 1. The van der Waals surface area contributed by atoms with Gasteiger partial charge < -0.3 is 5.32 Å². The average Bonchev–Trinajstić information content (AvgIpc) is 3.61. The molecular weight excluding hydrogens is 502 g/mol. The molecule has 4 atom stereocenters. The quantitative estimate of drug-likeness (QED) is 0.190. The number of fused-ring (bicyclic) bond motifs is 5. The van der Waals surface area contributed by atoms with Crippen LogP contribution in [0.5, 0.6) is 0 Å². The molecule has 0 radical (unpaired) electrons. The first-order chi connectivity index (χ1) is 19.3. The van der Waals surface area contributed by atoms with Crippen LogP contribution in [0.3, 0.4) is 0 Å². The van der Waals surface area contributed by atoms with E-state index in [1.807, 2.05) is 68.4 Å². The highest BCUT2D eigenvalue weighted by Crippen LogP contribution is 2.62. The summed E-state index contributed by atoms with van der Waals surface area (Å²) in [6.07, 6.45) is 1.70. The fourth-order valence-corrected chi connectivity index (χ4v) is 7.84. The van der Waals surface area contributed by atoms with Crippen molar-refractivity contribution in [3.8, 4) is 0 Å². The smallest absolute Gasteiger partial charge is 0.269 e. The van der Waals surface area contributed by atoms with Crippen LogP contribution in [0.2, 0.25) is 0 Å². The van der Waals surface area contributed by atoms with Gasteiger partial charge in [0.1, 0.15) is 5.54 Å². The number of benzene rings is 4. The van der Waals surface area contributed by atoms with Gasteiger partial charge in [-0.05, 0) is 55.1 Å². The first-order valence-electron chi connectivity index (χ1n) is 13.8. The van der Waals surface area contributed by atoms with E-state index < -0.39 is 22.3 Å². The van der Waals surface area contributed by atoms with Crippen LogP contribution >= 0.6 is 0 Å². The van der Waals surface area contributed by atoms with Gasteiger partial charge in [-0.15, -0.1) is 0 Å². The van der Waals surface area contributed by atoms with Crippen molar-refractivity contribution in [2.24, 2.45) is 5.92 Å². The van der Waals surface area contributed by atoms with Gasteiger partial charge in [0.2, 0.25) is 5.91 Å². The van der Waals surface area contributed by atoms with E-state index in [0.717, 1.165) is 51.6 Å². The molecule has 3 unspecified atom stereocenters. The standard InChI is InChI=1S/C33H29N3O4/c1-19-16-20(2)30-26(17-19)33(32(38)34-30)29(31(37)25-13-6-9-21-8-3-4-12-24(21)25)28(27-14-7-15-35(27)33)22-10-5-11-23(18-22)36(39)40/h3-6,8-13,16-18,27-29H,7,14-15H2,1-2H3,(H,34,38)/t27?,28?,29?,33-/m1/s1. The third-order valence-electron chi connectivity index (χ3n) is 9.25. The zero-order valence-electron chi connectivity index (χ0n) is 22.4. The van der Waals surface area contributed by atoms with E-state index in [0.29, 0.717) is 12.1 Å². The normalized spacial score (nSPS) is 25.2. The lowest BCUT2D eigenvalue weighted by atomic mass is 9.68. The van der Waals surface area contributed by atoms with Crippen molar-refractivity contribution in [3.63, 3.8) is 0 Å². The van der Waals surface area contributed by atoms with Crippen LogP contribution in [-0.2, 0) is 10.3 Å². The van der Waals surface area contributed by atoms with Gasteiger partial charge in [-0.1, -0.05) is 72.3 Å². The van der Waals surface area contributed by atoms with Crippen LogP contribution in [0.25, 0.3) is 10.8 Å². The number of rotatable bonds is 4. The minimum atomic E-state index is -1.21. The third-order valence-corrected chi connectivity index (χ3v) is 9.25. The van der Waals surface area contributed by atoms with Crippen molar-refractivity contribution in [2.75, 3.05) is 11.9 Å². The van der Waals surface area contributed by atoms with E-state index in [1.165, 1.54) is 6.07 Å². The number of ketones is 1. The van der Waals surface area contributed by atoms with Gasteiger partial charge >= 0.3 is 0 Å². The number of non-ortho nitro benzene ring substituents is 1. The second-order valence-electron chi connectivity index (χ2n) is 11.4.